The number of carbonyl (C=O) groups excluding carboxylic acids is 1. The van der Waals surface area contributed by atoms with E-state index >= 15 is 0 Å². The van der Waals surface area contributed by atoms with Gasteiger partial charge in [-0.25, -0.2) is 0 Å². The van der Waals surface area contributed by atoms with Crippen LogP contribution in [-0.2, 0) is 17.8 Å². The third-order valence-electron chi connectivity index (χ3n) is 4.71. The molecule has 1 amide bonds. The number of amides is 1. The number of ether oxygens (including phenoxy) is 1. The van der Waals surface area contributed by atoms with Crippen molar-refractivity contribution >= 4 is 23.8 Å². The van der Waals surface area contributed by atoms with Gasteiger partial charge in [0.1, 0.15) is 12.3 Å². The molecule has 2 aromatic carbocycles. The summed E-state index contributed by atoms with van der Waals surface area (Å²) in [4.78, 5) is 12.6. The molecule has 152 valence electrons. The molecule has 7 heteroatoms. The number of nitrogens with zero attached hydrogens (tertiary/aromatic N) is 2. The van der Waals surface area contributed by atoms with Crippen molar-refractivity contribution in [2.45, 2.75) is 39.2 Å². The number of hydrogen-bond acceptors (Lipinski definition) is 4. The molecule has 29 heavy (non-hydrogen) atoms. The van der Waals surface area contributed by atoms with Crippen molar-refractivity contribution in [3.63, 3.8) is 0 Å². The molecule has 0 bridgehead atoms. The lowest BCUT2D eigenvalue weighted by atomic mass is 10.1. The van der Waals surface area contributed by atoms with Crippen LogP contribution < -0.4 is 10.1 Å². The van der Waals surface area contributed by atoms with Crippen molar-refractivity contribution in [1.29, 1.82) is 0 Å². The number of rotatable bonds is 9. The van der Waals surface area contributed by atoms with E-state index in [1.807, 2.05) is 36.4 Å². The van der Waals surface area contributed by atoms with Crippen LogP contribution in [0.4, 0.5) is 5.69 Å². The standard InChI is InChI=1S/C22H26N4O2S/c1-3-4-5-6-16-7-11-18(12-8-16)23-20(27)15-26-21(24-25-22(26)29)17-9-13-19(28-2)14-10-17/h7-14H,3-6,15H2,1-2H3,(H,23,27)(H,25,29). The lowest BCUT2D eigenvalue weighted by Crippen LogP contribution is -2.19. The predicted molar refractivity (Wildman–Crippen MR) is 118 cm³/mol. The van der Waals surface area contributed by atoms with Gasteiger partial charge < -0.3 is 10.1 Å². The van der Waals surface area contributed by atoms with Gasteiger partial charge in [0.05, 0.1) is 7.11 Å². The summed E-state index contributed by atoms with van der Waals surface area (Å²) in [6, 6.07) is 15.5. The number of carbonyl (C=O) groups is 1. The number of unbranched alkanes of at least 4 members (excludes halogenated alkanes) is 2. The molecule has 3 rings (SSSR count). The Hall–Kier alpha value is -2.93. The second kappa shape index (κ2) is 10.0. The van der Waals surface area contributed by atoms with E-state index in [0.29, 0.717) is 10.6 Å². The van der Waals surface area contributed by atoms with Crippen LogP contribution in [0.1, 0.15) is 31.7 Å². The van der Waals surface area contributed by atoms with E-state index in [-0.39, 0.29) is 12.5 Å². The lowest BCUT2D eigenvalue weighted by molar-refractivity contribution is -0.116. The number of nitrogens with one attached hydrogen (secondary N) is 2. The van der Waals surface area contributed by atoms with Crippen LogP contribution in [0.25, 0.3) is 11.4 Å². The average molecular weight is 411 g/mol. The van der Waals surface area contributed by atoms with Gasteiger partial charge in [0, 0.05) is 11.3 Å². The summed E-state index contributed by atoms with van der Waals surface area (Å²) < 4.78 is 7.27. The first-order chi connectivity index (χ1) is 14.1. The summed E-state index contributed by atoms with van der Waals surface area (Å²) >= 11 is 5.31. The van der Waals surface area contributed by atoms with Gasteiger partial charge in [-0.2, -0.15) is 5.10 Å². The van der Waals surface area contributed by atoms with E-state index in [2.05, 4.69) is 34.6 Å². The number of aryl methyl sites for hydroxylation is 1. The van der Waals surface area contributed by atoms with E-state index in [1.54, 1.807) is 11.7 Å². The zero-order valence-corrected chi connectivity index (χ0v) is 17.6. The predicted octanol–water partition coefficient (Wildman–Crippen LogP) is 4.99. The topological polar surface area (TPSA) is 71.9 Å². The Morgan fingerprint density at radius 2 is 1.86 bits per heavy atom. The molecule has 0 spiro atoms. The normalized spacial score (nSPS) is 10.7. The third-order valence-corrected chi connectivity index (χ3v) is 5.03. The van der Waals surface area contributed by atoms with Crippen molar-refractivity contribution < 1.29 is 9.53 Å². The second-order valence-electron chi connectivity index (χ2n) is 6.87. The molecule has 6 nitrogen and oxygen atoms in total. The zero-order chi connectivity index (χ0) is 20.6. The first-order valence-electron chi connectivity index (χ1n) is 9.79. The van der Waals surface area contributed by atoms with Crippen molar-refractivity contribution in [2.24, 2.45) is 0 Å². The van der Waals surface area contributed by atoms with Crippen molar-refractivity contribution in [1.82, 2.24) is 14.8 Å². The van der Waals surface area contributed by atoms with Crippen molar-refractivity contribution in [3.05, 3.63) is 58.9 Å². The SMILES string of the molecule is CCCCCc1ccc(NC(=O)Cn2c(-c3ccc(OC)cc3)n[nH]c2=S)cc1. The summed E-state index contributed by atoms with van der Waals surface area (Å²) in [7, 11) is 1.62. The van der Waals surface area contributed by atoms with Crippen LogP contribution in [0.2, 0.25) is 0 Å². The van der Waals surface area contributed by atoms with Crippen LogP contribution in [0.15, 0.2) is 48.5 Å². The molecule has 0 aliphatic rings. The van der Waals surface area contributed by atoms with E-state index in [0.717, 1.165) is 23.4 Å². The summed E-state index contributed by atoms with van der Waals surface area (Å²) in [5.74, 6) is 1.21. The van der Waals surface area contributed by atoms with Crippen LogP contribution in [0.5, 0.6) is 5.75 Å². The van der Waals surface area contributed by atoms with E-state index in [9.17, 15) is 4.79 Å². The summed E-state index contributed by atoms with van der Waals surface area (Å²) in [5.41, 5.74) is 2.91. The molecule has 3 aromatic rings. The van der Waals surface area contributed by atoms with Gasteiger partial charge in [-0.15, -0.1) is 0 Å². The largest absolute Gasteiger partial charge is 0.497 e. The first-order valence-corrected chi connectivity index (χ1v) is 10.2. The maximum Gasteiger partial charge on any atom is 0.244 e. The minimum absolute atomic E-state index is 0.0783. The first kappa shape index (κ1) is 20.8. The molecule has 0 aliphatic carbocycles. The molecule has 0 saturated heterocycles. The van der Waals surface area contributed by atoms with Crippen molar-refractivity contribution in [3.8, 4) is 17.1 Å². The number of H-pyrrole nitrogens is 1. The van der Waals surface area contributed by atoms with Gasteiger partial charge in [0.15, 0.2) is 10.6 Å². The quantitative estimate of drug-likeness (QED) is 0.385. The number of aromatic amines is 1. The van der Waals surface area contributed by atoms with E-state index in [4.69, 9.17) is 17.0 Å². The Labute approximate surface area is 175 Å². The Morgan fingerprint density at radius 3 is 2.52 bits per heavy atom. The number of benzene rings is 2. The minimum Gasteiger partial charge on any atom is -0.497 e. The van der Waals surface area contributed by atoms with Crippen LogP contribution in [0, 0.1) is 4.77 Å². The fraction of sp³-hybridized carbons (Fsp3) is 0.318. The number of anilines is 1. The molecule has 0 radical (unpaired) electrons. The molecular formula is C22H26N4O2S. The van der Waals surface area contributed by atoms with Gasteiger partial charge in [0.25, 0.3) is 0 Å². The second-order valence-corrected chi connectivity index (χ2v) is 7.26. The van der Waals surface area contributed by atoms with Crippen LogP contribution >= 0.6 is 12.2 Å². The molecule has 0 fully saturated rings. The average Bonchev–Trinajstić information content (AvgIpc) is 3.09. The Kier molecular flexibility index (Phi) is 7.19. The highest BCUT2D eigenvalue weighted by Gasteiger charge is 2.13. The third kappa shape index (κ3) is 5.54. The van der Waals surface area contributed by atoms with Crippen LogP contribution in [-0.4, -0.2) is 27.8 Å². The van der Waals surface area contributed by atoms with Crippen molar-refractivity contribution in [2.75, 3.05) is 12.4 Å². The number of hydrogen-bond donors (Lipinski definition) is 2. The molecule has 0 atom stereocenters. The fourth-order valence-electron chi connectivity index (χ4n) is 3.10. The lowest BCUT2D eigenvalue weighted by Gasteiger charge is -2.09. The maximum absolute atomic E-state index is 12.6. The monoisotopic (exact) mass is 410 g/mol. The van der Waals surface area contributed by atoms with Gasteiger partial charge in [-0.1, -0.05) is 31.9 Å². The molecule has 0 unspecified atom stereocenters. The fourth-order valence-corrected chi connectivity index (χ4v) is 3.30. The zero-order valence-electron chi connectivity index (χ0n) is 16.8. The number of methoxy groups -OCH3 is 1. The maximum atomic E-state index is 12.6. The highest BCUT2D eigenvalue weighted by Crippen LogP contribution is 2.21. The smallest absolute Gasteiger partial charge is 0.244 e. The molecule has 1 heterocycles. The molecule has 1 aromatic heterocycles. The highest BCUT2D eigenvalue weighted by atomic mass is 32.1. The summed E-state index contributed by atoms with van der Waals surface area (Å²) in [6.07, 6.45) is 4.70. The Balaban J connectivity index is 1.66. The Bertz CT molecular complexity index is 991. The Morgan fingerprint density at radius 1 is 1.14 bits per heavy atom. The number of aromatic nitrogens is 3. The van der Waals surface area contributed by atoms with Gasteiger partial charge in [-0.3, -0.25) is 14.5 Å². The van der Waals surface area contributed by atoms with Gasteiger partial charge in [-0.05, 0) is 67.0 Å². The molecule has 0 saturated carbocycles. The van der Waals surface area contributed by atoms with Crippen LogP contribution in [0.3, 0.4) is 0 Å². The minimum atomic E-state index is -0.156. The van der Waals surface area contributed by atoms with Gasteiger partial charge in [0.2, 0.25) is 5.91 Å². The van der Waals surface area contributed by atoms with E-state index < -0.39 is 0 Å². The molecule has 0 aliphatic heterocycles. The summed E-state index contributed by atoms with van der Waals surface area (Å²) in [6.45, 7) is 2.28. The summed E-state index contributed by atoms with van der Waals surface area (Å²) in [5, 5.41) is 9.97. The van der Waals surface area contributed by atoms with E-state index in [1.165, 1.54) is 24.8 Å². The van der Waals surface area contributed by atoms with Gasteiger partial charge >= 0.3 is 0 Å². The highest BCUT2D eigenvalue weighted by molar-refractivity contribution is 7.71. The molecule has 2 N–H and O–H groups in total. The molecular weight excluding hydrogens is 384 g/mol.